The van der Waals surface area contributed by atoms with Crippen LogP contribution in [0.2, 0.25) is 0 Å². The fourth-order valence-electron chi connectivity index (χ4n) is 2.24. The van der Waals surface area contributed by atoms with Crippen LogP contribution in [0.3, 0.4) is 0 Å². The lowest BCUT2D eigenvalue weighted by Crippen LogP contribution is -2.30. The average molecular weight is 203 g/mol. The summed E-state index contributed by atoms with van der Waals surface area (Å²) in [4.78, 5) is 11.5. The summed E-state index contributed by atoms with van der Waals surface area (Å²) in [5.41, 5.74) is 0. The monoisotopic (exact) mass is 202 g/mol. The van der Waals surface area contributed by atoms with Gasteiger partial charge < -0.3 is 0 Å². The minimum atomic E-state index is 0.174. The number of hydrogen-bond donors (Lipinski definition) is 0. The SMILES string of the molecule is CCC(=O)C(C)C1CCCCC1Cl. The van der Waals surface area contributed by atoms with E-state index in [1.165, 1.54) is 12.8 Å². The highest BCUT2D eigenvalue weighted by molar-refractivity contribution is 6.21. The topological polar surface area (TPSA) is 17.1 Å². The van der Waals surface area contributed by atoms with Crippen molar-refractivity contribution < 1.29 is 4.79 Å². The molecule has 2 heteroatoms. The first-order valence-electron chi connectivity index (χ1n) is 5.33. The van der Waals surface area contributed by atoms with Crippen LogP contribution < -0.4 is 0 Å². The molecule has 1 saturated carbocycles. The molecule has 0 saturated heterocycles. The number of halogens is 1. The Morgan fingerprint density at radius 3 is 2.62 bits per heavy atom. The van der Waals surface area contributed by atoms with Crippen LogP contribution in [0.1, 0.15) is 46.0 Å². The lowest BCUT2D eigenvalue weighted by Gasteiger charge is -2.31. The minimum Gasteiger partial charge on any atom is -0.299 e. The van der Waals surface area contributed by atoms with Crippen molar-refractivity contribution >= 4 is 17.4 Å². The highest BCUT2D eigenvalue weighted by Crippen LogP contribution is 2.34. The summed E-state index contributed by atoms with van der Waals surface area (Å²) in [7, 11) is 0. The first-order chi connectivity index (χ1) is 6.16. The largest absolute Gasteiger partial charge is 0.299 e. The van der Waals surface area contributed by atoms with Crippen LogP contribution in [0.25, 0.3) is 0 Å². The summed E-state index contributed by atoms with van der Waals surface area (Å²) in [5.74, 6) is 0.980. The molecule has 0 aromatic heterocycles. The first-order valence-corrected chi connectivity index (χ1v) is 5.77. The van der Waals surface area contributed by atoms with E-state index in [0.717, 1.165) is 12.8 Å². The van der Waals surface area contributed by atoms with Gasteiger partial charge in [0.25, 0.3) is 0 Å². The van der Waals surface area contributed by atoms with Crippen LogP contribution in [0.15, 0.2) is 0 Å². The first kappa shape index (κ1) is 11.0. The standard InChI is InChI=1S/C11H19ClO/c1-3-11(13)8(2)9-6-4-5-7-10(9)12/h8-10H,3-7H2,1-2H3. The fourth-order valence-corrected chi connectivity index (χ4v) is 2.74. The fraction of sp³-hybridized carbons (Fsp3) is 0.909. The quantitative estimate of drug-likeness (QED) is 0.642. The molecule has 0 amide bonds. The van der Waals surface area contributed by atoms with Crippen molar-refractivity contribution in [2.24, 2.45) is 11.8 Å². The molecule has 0 heterocycles. The molecule has 0 bridgehead atoms. The number of carbonyl (C=O) groups excluding carboxylic acids is 1. The lowest BCUT2D eigenvalue weighted by molar-refractivity contribution is -0.123. The van der Waals surface area contributed by atoms with Gasteiger partial charge in [0, 0.05) is 17.7 Å². The van der Waals surface area contributed by atoms with Gasteiger partial charge in [-0.05, 0) is 18.8 Å². The maximum Gasteiger partial charge on any atom is 0.135 e. The molecule has 0 aromatic rings. The Bertz CT molecular complexity index is 179. The van der Waals surface area contributed by atoms with E-state index in [1.807, 2.05) is 13.8 Å². The molecule has 1 fully saturated rings. The molecule has 1 nitrogen and oxygen atoms in total. The van der Waals surface area contributed by atoms with Crippen molar-refractivity contribution in [3.63, 3.8) is 0 Å². The van der Waals surface area contributed by atoms with Crippen molar-refractivity contribution in [2.75, 3.05) is 0 Å². The summed E-state index contributed by atoms with van der Waals surface area (Å²) < 4.78 is 0. The molecule has 0 radical (unpaired) electrons. The van der Waals surface area contributed by atoms with Gasteiger partial charge in [-0.2, -0.15) is 0 Å². The molecule has 13 heavy (non-hydrogen) atoms. The van der Waals surface area contributed by atoms with E-state index in [1.54, 1.807) is 0 Å². The van der Waals surface area contributed by atoms with Crippen LogP contribution in [-0.4, -0.2) is 11.2 Å². The Morgan fingerprint density at radius 2 is 2.08 bits per heavy atom. The molecule has 1 rings (SSSR count). The van der Waals surface area contributed by atoms with E-state index in [2.05, 4.69) is 0 Å². The maximum atomic E-state index is 11.5. The molecule has 3 atom stereocenters. The van der Waals surface area contributed by atoms with Gasteiger partial charge in [-0.1, -0.05) is 26.7 Å². The van der Waals surface area contributed by atoms with Gasteiger partial charge in [-0.3, -0.25) is 4.79 Å². The second kappa shape index (κ2) is 4.99. The average Bonchev–Trinajstić information content (AvgIpc) is 2.16. The number of hydrogen-bond acceptors (Lipinski definition) is 1. The number of Topliss-reactive ketones (excluding diaryl/α,β-unsaturated/α-hetero) is 1. The van der Waals surface area contributed by atoms with Gasteiger partial charge in [0.2, 0.25) is 0 Å². The van der Waals surface area contributed by atoms with Gasteiger partial charge in [0.15, 0.2) is 0 Å². The third-order valence-electron chi connectivity index (χ3n) is 3.23. The number of ketones is 1. The number of carbonyl (C=O) groups is 1. The highest BCUT2D eigenvalue weighted by atomic mass is 35.5. The molecule has 0 aliphatic heterocycles. The van der Waals surface area contributed by atoms with E-state index in [4.69, 9.17) is 11.6 Å². The van der Waals surface area contributed by atoms with Gasteiger partial charge >= 0.3 is 0 Å². The van der Waals surface area contributed by atoms with Crippen molar-refractivity contribution in [3.05, 3.63) is 0 Å². The summed E-state index contributed by atoms with van der Waals surface area (Å²) in [6.45, 7) is 3.97. The van der Waals surface area contributed by atoms with Gasteiger partial charge in [0.05, 0.1) is 0 Å². The number of rotatable bonds is 3. The second-order valence-corrected chi connectivity index (χ2v) is 4.63. The zero-order valence-electron chi connectivity index (χ0n) is 8.55. The second-order valence-electron chi connectivity index (χ2n) is 4.07. The summed E-state index contributed by atoms with van der Waals surface area (Å²) >= 11 is 6.23. The Morgan fingerprint density at radius 1 is 1.46 bits per heavy atom. The Kier molecular flexibility index (Phi) is 4.24. The molecule has 1 aliphatic carbocycles. The van der Waals surface area contributed by atoms with E-state index >= 15 is 0 Å². The van der Waals surface area contributed by atoms with Crippen molar-refractivity contribution in [1.82, 2.24) is 0 Å². The van der Waals surface area contributed by atoms with Crippen LogP contribution in [0, 0.1) is 11.8 Å². The molecule has 0 aromatic carbocycles. The van der Waals surface area contributed by atoms with Gasteiger partial charge in [-0.25, -0.2) is 0 Å². The molecule has 1 aliphatic rings. The molecular formula is C11H19ClO. The molecular weight excluding hydrogens is 184 g/mol. The minimum absolute atomic E-state index is 0.174. The van der Waals surface area contributed by atoms with Gasteiger partial charge in [-0.15, -0.1) is 11.6 Å². The summed E-state index contributed by atoms with van der Waals surface area (Å²) in [5, 5.41) is 0.235. The predicted molar refractivity (Wildman–Crippen MR) is 56.1 cm³/mol. The maximum absolute atomic E-state index is 11.5. The number of alkyl halides is 1. The van der Waals surface area contributed by atoms with E-state index in [9.17, 15) is 4.79 Å². The zero-order valence-corrected chi connectivity index (χ0v) is 9.31. The summed E-state index contributed by atoms with van der Waals surface area (Å²) in [6.07, 6.45) is 5.36. The van der Waals surface area contributed by atoms with Crippen LogP contribution in [-0.2, 0) is 4.79 Å². The van der Waals surface area contributed by atoms with Crippen molar-refractivity contribution in [1.29, 1.82) is 0 Å². The van der Waals surface area contributed by atoms with Crippen LogP contribution >= 0.6 is 11.6 Å². The molecule has 76 valence electrons. The van der Waals surface area contributed by atoms with E-state index in [0.29, 0.717) is 18.1 Å². The lowest BCUT2D eigenvalue weighted by atomic mass is 9.78. The van der Waals surface area contributed by atoms with E-state index in [-0.39, 0.29) is 11.3 Å². The molecule has 3 unspecified atom stereocenters. The van der Waals surface area contributed by atoms with E-state index < -0.39 is 0 Å². The van der Waals surface area contributed by atoms with Crippen molar-refractivity contribution in [3.8, 4) is 0 Å². The molecule has 0 N–H and O–H groups in total. The molecule has 0 spiro atoms. The zero-order chi connectivity index (χ0) is 9.84. The Balaban J connectivity index is 2.53. The smallest absolute Gasteiger partial charge is 0.135 e. The van der Waals surface area contributed by atoms with Crippen molar-refractivity contribution in [2.45, 2.75) is 51.3 Å². The van der Waals surface area contributed by atoms with Gasteiger partial charge in [0.1, 0.15) is 5.78 Å². The third-order valence-corrected chi connectivity index (χ3v) is 3.77. The van der Waals surface area contributed by atoms with Crippen LogP contribution in [0.4, 0.5) is 0 Å². The Labute approximate surface area is 85.8 Å². The predicted octanol–water partition coefficient (Wildman–Crippen LogP) is 3.40. The highest BCUT2D eigenvalue weighted by Gasteiger charge is 2.30. The Hall–Kier alpha value is -0.0400. The summed E-state index contributed by atoms with van der Waals surface area (Å²) in [6, 6.07) is 0. The third kappa shape index (κ3) is 2.70. The van der Waals surface area contributed by atoms with Crippen LogP contribution in [0.5, 0.6) is 0 Å². The normalized spacial score (nSPS) is 31.3.